The maximum absolute atomic E-state index is 12.8. The van der Waals surface area contributed by atoms with Crippen LogP contribution in [0.5, 0.6) is 0 Å². The molecule has 3 nitrogen and oxygen atoms in total. The van der Waals surface area contributed by atoms with Gasteiger partial charge in [0.2, 0.25) is 5.91 Å². The van der Waals surface area contributed by atoms with Gasteiger partial charge in [-0.25, -0.2) is 0 Å². The average Bonchev–Trinajstić information content (AvgIpc) is 2.75. The summed E-state index contributed by atoms with van der Waals surface area (Å²) in [4.78, 5) is 12.8. The van der Waals surface area contributed by atoms with Gasteiger partial charge in [0.25, 0.3) is 0 Å². The van der Waals surface area contributed by atoms with Gasteiger partial charge in [-0.2, -0.15) is 11.8 Å². The molecule has 1 amide bonds. The van der Waals surface area contributed by atoms with Crippen molar-refractivity contribution in [2.75, 3.05) is 12.3 Å². The third-order valence-corrected chi connectivity index (χ3v) is 6.41. The minimum Gasteiger partial charge on any atom is -0.352 e. The van der Waals surface area contributed by atoms with Crippen LogP contribution in [0.2, 0.25) is 0 Å². The first-order chi connectivity index (χ1) is 9.72. The summed E-state index contributed by atoms with van der Waals surface area (Å²) in [7, 11) is 0. The van der Waals surface area contributed by atoms with Crippen molar-refractivity contribution in [1.82, 2.24) is 5.32 Å². The fourth-order valence-corrected chi connectivity index (χ4v) is 4.95. The number of rotatable bonds is 5. The molecule has 0 aromatic heterocycles. The Balaban J connectivity index is 1.97. The van der Waals surface area contributed by atoms with Crippen molar-refractivity contribution in [3.05, 3.63) is 0 Å². The predicted molar refractivity (Wildman–Crippen MR) is 86.9 cm³/mol. The van der Waals surface area contributed by atoms with Crippen LogP contribution in [0.1, 0.15) is 64.7 Å². The van der Waals surface area contributed by atoms with Crippen molar-refractivity contribution >= 4 is 17.7 Å². The lowest BCUT2D eigenvalue weighted by Gasteiger charge is -2.32. The lowest BCUT2D eigenvalue weighted by atomic mass is 9.79. The Hall–Kier alpha value is -0.220. The molecule has 0 radical (unpaired) electrons. The Morgan fingerprint density at radius 3 is 2.50 bits per heavy atom. The molecule has 0 aliphatic heterocycles. The number of amides is 1. The second-order valence-electron chi connectivity index (χ2n) is 6.40. The van der Waals surface area contributed by atoms with E-state index in [1.807, 2.05) is 11.8 Å². The highest BCUT2D eigenvalue weighted by atomic mass is 32.2. The van der Waals surface area contributed by atoms with Crippen molar-refractivity contribution in [2.24, 2.45) is 11.1 Å². The fraction of sp³-hybridized carbons (Fsp3) is 0.938. The molecule has 2 aliphatic rings. The number of hydrogen-bond donors (Lipinski definition) is 2. The van der Waals surface area contributed by atoms with Gasteiger partial charge in [-0.15, -0.1) is 0 Å². The highest BCUT2D eigenvalue weighted by Crippen LogP contribution is 2.36. The van der Waals surface area contributed by atoms with Crippen LogP contribution in [0, 0.1) is 5.41 Å². The van der Waals surface area contributed by atoms with E-state index in [4.69, 9.17) is 5.73 Å². The summed E-state index contributed by atoms with van der Waals surface area (Å²) < 4.78 is 0. The van der Waals surface area contributed by atoms with E-state index in [0.717, 1.165) is 37.9 Å². The molecule has 2 atom stereocenters. The van der Waals surface area contributed by atoms with E-state index in [1.165, 1.54) is 25.7 Å². The molecule has 2 rings (SSSR count). The van der Waals surface area contributed by atoms with Crippen LogP contribution in [0.15, 0.2) is 0 Å². The molecule has 2 unspecified atom stereocenters. The van der Waals surface area contributed by atoms with Crippen LogP contribution in [0.25, 0.3) is 0 Å². The number of nitrogens with one attached hydrogen (secondary N) is 1. The highest BCUT2D eigenvalue weighted by Gasteiger charge is 2.39. The Bertz CT molecular complexity index is 314. The Kier molecular flexibility index (Phi) is 6.21. The number of hydrogen-bond acceptors (Lipinski definition) is 3. The molecule has 0 saturated heterocycles. The zero-order valence-electron chi connectivity index (χ0n) is 12.8. The van der Waals surface area contributed by atoms with Gasteiger partial charge in [0.15, 0.2) is 0 Å². The van der Waals surface area contributed by atoms with Gasteiger partial charge >= 0.3 is 0 Å². The van der Waals surface area contributed by atoms with E-state index < -0.39 is 0 Å². The summed E-state index contributed by atoms with van der Waals surface area (Å²) in [5.41, 5.74) is 5.73. The molecule has 0 aromatic rings. The van der Waals surface area contributed by atoms with Gasteiger partial charge in [0.1, 0.15) is 0 Å². The average molecular weight is 298 g/mol. The first-order valence-corrected chi connectivity index (χ1v) is 9.39. The summed E-state index contributed by atoms with van der Waals surface area (Å²) in [5.74, 6) is 1.38. The lowest BCUT2D eigenvalue weighted by molar-refractivity contribution is -0.132. The van der Waals surface area contributed by atoms with Crippen molar-refractivity contribution in [3.8, 4) is 0 Å². The minimum absolute atomic E-state index is 0.246. The Labute approximate surface area is 127 Å². The Morgan fingerprint density at radius 1 is 1.20 bits per heavy atom. The van der Waals surface area contributed by atoms with Crippen LogP contribution in [-0.4, -0.2) is 29.5 Å². The van der Waals surface area contributed by atoms with Crippen LogP contribution in [0.3, 0.4) is 0 Å². The molecule has 20 heavy (non-hydrogen) atoms. The normalized spacial score (nSPS) is 29.9. The van der Waals surface area contributed by atoms with E-state index in [2.05, 4.69) is 12.2 Å². The standard InChI is InChI=1S/C16H30N2OS/c1-2-20-14-9-7-8-13(14)18-15(19)16(12-17)10-5-3-4-6-11-16/h13-14H,2-12,17H2,1H3,(H,18,19). The maximum atomic E-state index is 12.8. The number of thioether (sulfide) groups is 1. The molecule has 3 N–H and O–H groups in total. The smallest absolute Gasteiger partial charge is 0.227 e. The molecule has 0 heterocycles. The molecule has 0 spiro atoms. The molecule has 116 valence electrons. The second-order valence-corrected chi connectivity index (χ2v) is 7.92. The molecule has 2 saturated carbocycles. The quantitative estimate of drug-likeness (QED) is 0.767. The van der Waals surface area contributed by atoms with Gasteiger partial charge in [-0.3, -0.25) is 4.79 Å². The van der Waals surface area contributed by atoms with Gasteiger partial charge in [0, 0.05) is 17.8 Å². The van der Waals surface area contributed by atoms with Crippen molar-refractivity contribution in [2.45, 2.75) is 76.0 Å². The zero-order chi connectivity index (χ0) is 14.4. The third kappa shape index (κ3) is 3.70. The zero-order valence-corrected chi connectivity index (χ0v) is 13.6. The van der Waals surface area contributed by atoms with E-state index in [1.54, 1.807) is 0 Å². The van der Waals surface area contributed by atoms with Crippen LogP contribution in [-0.2, 0) is 4.79 Å². The van der Waals surface area contributed by atoms with E-state index in [9.17, 15) is 4.79 Å². The second kappa shape index (κ2) is 7.69. The molecule has 4 heteroatoms. The summed E-state index contributed by atoms with van der Waals surface area (Å²) >= 11 is 2.00. The molecular weight excluding hydrogens is 268 g/mol. The van der Waals surface area contributed by atoms with Crippen LogP contribution < -0.4 is 11.1 Å². The molecule has 0 bridgehead atoms. The summed E-state index contributed by atoms with van der Waals surface area (Å²) in [6.45, 7) is 2.71. The minimum atomic E-state index is -0.277. The van der Waals surface area contributed by atoms with Gasteiger partial charge < -0.3 is 11.1 Å². The van der Waals surface area contributed by atoms with Gasteiger partial charge in [-0.1, -0.05) is 39.0 Å². The summed E-state index contributed by atoms with van der Waals surface area (Å²) in [6.07, 6.45) is 10.4. The molecule has 2 fully saturated rings. The van der Waals surface area contributed by atoms with Gasteiger partial charge in [-0.05, 0) is 31.4 Å². The Morgan fingerprint density at radius 2 is 1.90 bits per heavy atom. The van der Waals surface area contributed by atoms with Crippen LogP contribution in [0.4, 0.5) is 0 Å². The van der Waals surface area contributed by atoms with Crippen molar-refractivity contribution < 1.29 is 4.79 Å². The number of carbonyl (C=O) groups excluding carboxylic acids is 1. The predicted octanol–water partition coefficient (Wildman–Crippen LogP) is 3.08. The molecule has 2 aliphatic carbocycles. The molecular formula is C16H30N2OS. The van der Waals surface area contributed by atoms with Crippen molar-refractivity contribution in [3.63, 3.8) is 0 Å². The lowest BCUT2D eigenvalue weighted by Crippen LogP contribution is -2.50. The fourth-order valence-electron chi connectivity index (χ4n) is 3.76. The SMILES string of the molecule is CCSC1CCCC1NC(=O)C1(CN)CCCCCC1. The van der Waals surface area contributed by atoms with E-state index in [0.29, 0.717) is 17.8 Å². The highest BCUT2D eigenvalue weighted by molar-refractivity contribution is 7.99. The topological polar surface area (TPSA) is 55.1 Å². The van der Waals surface area contributed by atoms with Gasteiger partial charge in [0.05, 0.1) is 5.41 Å². The van der Waals surface area contributed by atoms with E-state index in [-0.39, 0.29) is 11.3 Å². The monoisotopic (exact) mass is 298 g/mol. The first kappa shape index (κ1) is 16.2. The summed E-state index contributed by atoms with van der Waals surface area (Å²) in [5, 5.41) is 3.98. The molecule has 0 aromatic carbocycles. The van der Waals surface area contributed by atoms with Crippen molar-refractivity contribution in [1.29, 1.82) is 0 Å². The van der Waals surface area contributed by atoms with Crippen LogP contribution >= 0.6 is 11.8 Å². The first-order valence-electron chi connectivity index (χ1n) is 8.34. The maximum Gasteiger partial charge on any atom is 0.227 e. The number of carbonyl (C=O) groups is 1. The summed E-state index contributed by atoms with van der Waals surface area (Å²) in [6, 6.07) is 0.374. The number of nitrogens with two attached hydrogens (primary N) is 1. The largest absolute Gasteiger partial charge is 0.352 e. The third-order valence-electron chi connectivity index (χ3n) is 5.08. The van der Waals surface area contributed by atoms with E-state index >= 15 is 0 Å².